The third-order valence-corrected chi connectivity index (χ3v) is 2.43. The Morgan fingerprint density at radius 1 is 1.33 bits per heavy atom. The SMILES string of the molecule is Cc1ncnc(S(=O)(=O)O)c1C. The van der Waals surface area contributed by atoms with E-state index in [0.717, 1.165) is 6.33 Å². The van der Waals surface area contributed by atoms with Crippen LogP contribution >= 0.6 is 0 Å². The van der Waals surface area contributed by atoms with Gasteiger partial charge in [-0.2, -0.15) is 8.42 Å². The highest BCUT2D eigenvalue weighted by Crippen LogP contribution is 2.12. The number of rotatable bonds is 1. The van der Waals surface area contributed by atoms with Gasteiger partial charge < -0.3 is 0 Å². The van der Waals surface area contributed by atoms with Crippen LogP contribution in [0.3, 0.4) is 0 Å². The average molecular weight is 188 g/mol. The monoisotopic (exact) mass is 188 g/mol. The van der Waals surface area contributed by atoms with Gasteiger partial charge >= 0.3 is 10.1 Å². The largest absolute Gasteiger partial charge is 0.312 e. The molecule has 0 saturated heterocycles. The van der Waals surface area contributed by atoms with E-state index in [9.17, 15) is 8.42 Å². The van der Waals surface area contributed by atoms with Crippen molar-refractivity contribution >= 4 is 10.1 Å². The zero-order valence-electron chi connectivity index (χ0n) is 6.64. The van der Waals surface area contributed by atoms with Gasteiger partial charge in [-0.1, -0.05) is 0 Å². The van der Waals surface area contributed by atoms with Gasteiger partial charge in [0.05, 0.1) is 0 Å². The van der Waals surface area contributed by atoms with Crippen LogP contribution in [0.1, 0.15) is 11.3 Å². The van der Waals surface area contributed by atoms with Crippen molar-refractivity contribution in [3.8, 4) is 0 Å². The lowest BCUT2D eigenvalue weighted by Crippen LogP contribution is -2.06. The molecule has 1 aromatic heterocycles. The molecule has 0 spiro atoms. The van der Waals surface area contributed by atoms with Gasteiger partial charge in [0.15, 0.2) is 5.03 Å². The Kier molecular flexibility index (Phi) is 2.12. The lowest BCUT2D eigenvalue weighted by Gasteiger charge is -2.01. The highest BCUT2D eigenvalue weighted by atomic mass is 32.2. The van der Waals surface area contributed by atoms with E-state index in [1.54, 1.807) is 13.8 Å². The van der Waals surface area contributed by atoms with Crippen molar-refractivity contribution in [2.75, 3.05) is 0 Å². The molecule has 0 aliphatic rings. The van der Waals surface area contributed by atoms with E-state index in [0.29, 0.717) is 11.3 Å². The zero-order valence-corrected chi connectivity index (χ0v) is 7.46. The number of nitrogens with zero attached hydrogens (tertiary/aromatic N) is 2. The molecule has 0 radical (unpaired) electrons. The highest BCUT2D eigenvalue weighted by molar-refractivity contribution is 7.85. The van der Waals surface area contributed by atoms with Crippen molar-refractivity contribution in [2.45, 2.75) is 18.9 Å². The minimum absolute atomic E-state index is 0.324. The number of hydrogen-bond acceptors (Lipinski definition) is 4. The number of aromatic nitrogens is 2. The van der Waals surface area contributed by atoms with Crippen LogP contribution in [0.25, 0.3) is 0 Å². The summed E-state index contributed by atoms with van der Waals surface area (Å²) in [6.45, 7) is 3.18. The quantitative estimate of drug-likeness (QED) is 0.507. The first-order valence-electron chi connectivity index (χ1n) is 3.18. The second-order valence-electron chi connectivity index (χ2n) is 2.36. The fourth-order valence-corrected chi connectivity index (χ4v) is 1.49. The van der Waals surface area contributed by atoms with E-state index < -0.39 is 10.1 Å². The predicted octanol–water partition coefficient (Wildman–Crippen LogP) is 0.340. The van der Waals surface area contributed by atoms with Crippen LogP contribution in [0.2, 0.25) is 0 Å². The van der Waals surface area contributed by atoms with E-state index >= 15 is 0 Å². The molecule has 0 aliphatic carbocycles. The van der Waals surface area contributed by atoms with Crippen LogP contribution in [0, 0.1) is 13.8 Å². The Morgan fingerprint density at radius 3 is 2.33 bits per heavy atom. The van der Waals surface area contributed by atoms with E-state index in [1.165, 1.54) is 0 Å². The fraction of sp³-hybridized carbons (Fsp3) is 0.333. The molecule has 0 bridgehead atoms. The second kappa shape index (κ2) is 2.80. The van der Waals surface area contributed by atoms with Crippen LogP contribution < -0.4 is 0 Å². The highest BCUT2D eigenvalue weighted by Gasteiger charge is 2.15. The predicted molar refractivity (Wildman–Crippen MR) is 41.3 cm³/mol. The zero-order chi connectivity index (χ0) is 9.35. The summed E-state index contributed by atoms with van der Waals surface area (Å²) in [5.41, 5.74) is 0.914. The molecule has 5 nitrogen and oxygen atoms in total. The summed E-state index contributed by atoms with van der Waals surface area (Å²) in [5, 5.41) is -0.324. The van der Waals surface area contributed by atoms with Crippen molar-refractivity contribution in [2.24, 2.45) is 0 Å². The molecule has 0 aromatic carbocycles. The molecular weight excluding hydrogens is 180 g/mol. The van der Waals surface area contributed by atoms with Crippen LogP contribution in [0.15, 0.2) is 11.4 Å². The first-order valence-corrected chi connectivity index (χ1v) is 4.62. The van der Waals surface area contributed by atoms with Gasteiger partial charge in [-0.3, -0.25) is 4.55 Å². The third-order valence-electron chi connectivity index (χ3n) is 1.53. The van der Waals surface area contributed by atoms with Crippen LogP contribution in [-0.4, -0.2) is 22.9 Å². The minimum Gasteiger partial charge on any atom is -0.281 e. The smallest absolute Gasteiger partial charge is 0.281 e. The Hall–Kier alpha value is -1.01. The minimum atomic E-state index is -4.21. The van der Waals surface area contributed by atoms with Crippen LogP contribution in [0.4, 0.5) is 0 Å². The van der Waals surface area contributed by atoms with Gasteiger partial charge in [0.1, 0.15) is 6.33 Å². The average Bonchev–Trinajstić information content (AvgIpc) is 1.92. The fourth-order valence-electron chi connectivity index (χ4n) is 0.776. The summed E-state index contributed by atoms with van der Waals surface area (Å²) < 4.78 is 30.0. The van der Waals surface area contributed by atoms with Crippen LogP contribution in [-0.2, 0) is 10.1 Å². The van der Waals surface area contributed by atoms with Crippen molar-refractivity contribution < 1.29 is 13.0 Å². The standard InChI is InChI=1S/C6H8N2O3S/c1-4-5(2)7-3-8-6(4)12(9,10)11/h3H,1-2H3,(H,9,10,11). The maximum Gasteiger partial charge on any atom is 0.312 e. The summed E-state index contributed by atoms with van der Waals surface area (Å²) in [4.78, 5) is 7.23. The Labute approximate surface area is 70.2 Å². The molecule has 1 heterocycles. The van der Waals surface area contributed by atoms with Gasteiger partial charge in [0, 0.05) is 11.3 Å². The normalized spacial score (nSPS) is 11.6. The Bertz CT molecular complexity index is 399. The molecule has 1 N–H and O–H groups in total. The van der Waals surface area contributed by atoms with E-state index in [2.05, 4.69) is 9.97 Å². The number of hydrogen-bond donors (Lipinski definition) is 1. The van der Waals surface area contributed by atoms with Crippen molar-refractivity contribution in [1.82, 2.24) is 9.97 Å². The molecule has 1 aromatic rings. The van der Waals surface area contributed by atoms with Crippen LogP contribution in [0.5, 0.6) is 0 Å². The van der Waals surface area contributed by atoms with Gasteiger partial charge in [0.2, 0.25) is 0 Å². The van der Waals surface area contributed by atoms with Crippen molar-refractivity contribution in [3.63, 3.8) is 0 Å². The van der Waals surface area contributed by atoms with E-state index in [4.69, 9.17) is 4.55 Å². The van der Waals surface area contributed by atoms with E-state index in [-0.39, 0.29) is 5.03 Å². The molecule has 0 atom stereocenters. The molecular formula is C6H8N2O3S. The molecule has 0 amide bonds. The van der Waals surface area contributed by atoms with Gasteiger partial charge in [-0.05, 0) is 13.8 Å². The summed E-state index contributed by atoms with van der Waals surface area (Å²) in [6, 6.07) is 0. The molecule has 0 saturated carbocycles. The van der Waals surface area contributed by atoms with Crippen molar-refractivity contribution in [3.05, 3.63) is 17.6 Å². The molecule has 66 valence electrons. The summed E-state index contributed by atoms with van der Waals surface area (Å²) in [6.07, 6.45) is 1.10. The molecule has 0 aliphatic heterocycles. The van der Waals surface area contributed by atoms with Gasteiger partial charge in [-0.25, -0.2) is 9.97 Å². The topological polar surface area (TPSA) is 80.2 Å². The Balaban J connectivity index is 3.47. The summed E-state index contributed by atoms with van der Waals surface area (Å²) in [7, 11) is -4.21. The molecule has 0 unspecified atom stereocenters. The third kappa shape index (κ3) is 1.59. The summed E-state index contributed by atoms with van der Waals surface area (Å²) in [5.74, 6) is 0. The van der Waals surface area contributed by atoms with Gasteiger partial charge in [-0.15, -0.1) is 0 Å². The molecule has 1 rings (SSSR count). The maximum absolute atomic E-state index is 10.7. The first kappa shape index (κ1) is 9.08. The second-order valence-corrected chi connectivity index (χ2v) is 3.70. The lowest BCUT2D eigenvalue weighted by molar-refractivity contribution is 0.478. The first-order chi connectivity index (χ1) is 5.43. The number of aryl methyl sites for hydroxylation is 1. The van der Waals surface area contributed by atoms with Crippen molar-refractivity contribution in [1.29, 1.82) is 0 Å². The molecule has 0 fully saturated rings. The molecule has 6 heteroatoms. The Morgan fingerprint density at radius 2 is 1.92 bits per heavy atom. The van der Waals surface area contributed by atoms with Gasteiger partial charge in [0.25, 0.3) is 0 Å². The summed E-state index contributed by atoms with van der Waals surface area (Å²) >= 11 is 0. The lowest BCUT2D eigenvalue weighted by atomic mass is 10.3. The maximum atomic E-state index is 10.7. The molecule has 12 heavy (non-hydrogen) atoms. The van der Waals surface area contributed by atoms with E-state index in [1.807, 2.05) is 0 Å².